The van der Waals surface area contributed by atoms with E-state index in [1.807, 2.05) is 38.1 Å². The molecule has 0 bridgehead atoms. The second-order valence-electron chi connectivity index (χ2n) is 4.26. The van der Waals surface area contributed by atoms with Crippen molar-refractivity contribution in [2.75, 3.05) is 20.6 Å². The van der Waals surface area contributed by atoms with Gasteiger partial charge in [0.2, 0.25) is 0 Å². The van der Waals surface area contributed by atoms with Crippen molar-refractivity contribution in [3.05, 3.63) is 32.7 Å². The van der Waals surface area contributed by atoms with Gasteiger partial charge in [-0.25, -0.2) is 0 Å². The lowest BCUT2D eigenvalue weighted by atomic mass is 10.2. The minimum Gasteiger partial charge on any atom is -0.348 e. The summed E-state index contributed by atoms with van der Waals surface area (Å²) in [6, 6.07) is 5.64. The minimum atomic E-state index is -0.0567. The molecule has 1 aromatic carbocycles. The van der Waals surface area contributed by atoms with Crippen LogP contribution in [0.3, 0.4) is 0 Å². The lowest BCUT2D eigenvalue weighted by molar-refractivity contribution is 0.0933. The fourth-order valence-electron chi connectivity index (χ4n) is 1.57. The van der Waals surface area contributed by atoms with Crippen LogP contribution in [0.25, 0.3) is 0 Å². The molecule has 0 aliphatic carbocycles. The van der Waals surface area contributed by atoms with E-state index in [1.54, 1.807) is 6.07 Å². The van der Waals surface area contributed by atoms with Gasteiger partial charge < -0.3 is 10.2 Å². The van der Waals surface area contributed by atoms with Crippen LogP contribution in [0.5, 0.6) is 0 Å². The summed E-state index contributed by atoms with van der Waals surface area (Å²) < 4.78 is 1.74. The number of benzene rings is 1. The third-order valence-corrected chi connectivity index (χ3v) is 3.34. The van der Waals surface area contributed by atoms with Crippen molar-refractivity contribution >= 4 is 37.8 Å². The topological polar surface area (TPSA) is 32.3 Å². The molecule has 5 heteroatoms. The summed E-state index contributed by atoms with van der Waals surface area (Å²) in [7, 11) is 3.97. The quantitative estimate of drug-likeness (QED) is 0.891. The van der Waals surface area contributed by atoms with Crippen LogP contribution >= 0.6 is 31.9 Å². The molecule has 0 fully saturated rings. The van der Waals surface area contributed by atoms with Crippen LogP contribution in [-0.4, -0.2) is 37.5 Å². The van der Waals surface area contributed by atoms with Crippen LogP contribution in [-0.2, 0) is 0 Å². The summed E-state index contributed by atoms with van der Waals surface area (Å²) in [6.45, 7) is 2.81. The van der Waals surface area contributed by atoms with Gasteiger partial charge in [-0.3, -0.25) is 4.79 Å². The van der Waals surface area contributed by atoms with E-state index in [4.69, 9.17) is 0 Å². The summed E-state index contributed by atoms with van der Waals surface area (Å²) >= 11 is 6.75. The van der Waals surface area contributed by atoms with E-state index >= 15 is 0 Å². The molecule has 0 saturated heterocycles. The zero-order valence-corrected chi connectivity index (χ0v) is 13.3. The minimum absolute atomic E-state index is 0.0567. The molecule has 94 valence electrons. The van der Waals surface area contributed by atoms with Crippen molar-refractivity contribution in [3.8, 4) is 0 Å². The summed E-state index contributed by atoms with van der Waals surface area (Å²) in [5.41, 5.74) is 0.652. The highest BCUT2D eigenvalue weighted by molar-refractivity contribution is 9.11. The van der Waals surface area contributed by atoms with Gasteiger partial charge in [-0.1, -0.05) is 15.9 Å². The largest absolute Gasteiger partial charge is 0.348 e. The van der Waals surface area contributed by atoms with Crippen LogP contribution in [0.2, 0.25) is 0 Å². The zero-order chi connectivity index (χ0) is 13.0. The maximum absolute atomic E-state index is 12.0. The Morgan fingerprint density at radius 2 is 2.06 bits per heavy atom. The fourth-order valence-corrected chi connectivity index (χ4v) is 2.80. The number of hydrogen-bond donors (Lipinski definition) is 1. The molecule has 1 amide bonds. The SMILES string of the molecule is CC(CN(C)C)NC(=O)c1ccc(Br)cc1Br. The van der Waals surface area contributed by atoms with Crippen LogP contribution in [0.15, 0.2) is 27.1 Å². The van der Waals surface area contributed by atoms with Crippen LogP contribution in [0.4, 0.5) is 0 Å². The number of nitrogens with zero attached hydrogens (tertiary/aromatic N) is 1. The van der Waals surface area contributed by atoms with E-state index in [0.29, 0.717) is 5.56 Å². The smallest absolute Gasteiger partial charge is 0.252 e. The van der Waals surface area contributed by atoms with Gasteiger partial charge in [-0.15, -0.1) is 0 Å². The number of amides is 1. The summed E-state index contributed by atoms with van der Waals surface area (Å²) in [4.78, 5) is 14.0. The molecule has 0 aliphatic heterocycles. The van der Waals surface area contributed by atoms with Gasteiger partial charge in [-0.05, 0) is 55.1 Å². The summed E-state index contributed by atoms with van der Waals surface area (Å²) in [5.74, 6) is -0.0567. The highest BCUT2D eigenvalue weighted by Crippen LogP contribution is 2.21. The zero-order valence-electron chi connectivity index (χ0n) is 10.1. The molecule has 0 aliphatic rings. The van der Waals surface area contributed by atoms with Gasteiger partial charge in [0.1, 0.15) is 0 Å². The summed E-state index contributed by atoms with van der Waals surface area (Å²) in [6.07, 6.45) is 0. The molecule has 0 heterocycles. The first-order valence-corrected chi connectivity index (χ1v) is 6.89. The molecule has 1 N–H and O–H groups in total. The molecule has 0 spiro atoms. The maximum Gasteiger partial charge on any atom is 0.252 e. The lowest BCUT2D eigenvalue weighted by Crippen LogP contribution is -2.39. The van der Waals surface area contributed by atoms with Gasteiger partial charge in [0.25, 0.3) is 5.91 Å². The van der Waals surface area contributed by atoms with E-state index in [-0.39, 0.29) is 11.9 Å². The van der Waals surface area contributed by atoms with Crippen LogP contribution < -0.4 is 5.32 Å². The Balaban J connectivity index is 2.70. The highest BCUT2D eigenvalue weighted by atomic mass is 79.9. The molecule has 1 atom stereocenters. The average Bonchev–Trinajstić information content (AvgIpc) is 2.15. The first kappa shape index (κ1) is 14.7. The van der Waals surface area contributed by atoms with Crippen molar-refractivity contribution in [2.24, 2.45) is 0 Å². The van der Waals surface area contributed by atoms with Crippen LogP contribution in [0, 0.1) is 0 Å². The number of carbonyl (C=O) groups excluding carboxylic acids is 1. The molecule has 3 nitrogen and oxygen atoms in total. The van der Waals surface area contributed by atoms with E-state index in [0.717, 1.165) is 15.5 Å². The predicted molar refractivity (Wildman–Crippen MR) is 77.3 cm³/mol. The number of likely N-dealkylation sites (N-methyl/N-ethyl adjacent to an activating group) is 1. The molecule has 1 aromatic rings. The maximum atomic E-state index is 12.0. The van der Waals surface area contributed by atoms with Crippen molar-refractivity contribution in [1.29, 1.82) is 0 Å². The Morgan fingerprint density at radius 1 is 1.41 bits per heavy atom. The molecule has 1 rings (SSSR count). The number of hydrogen-bond acceptors (Lipinski definition) is 2. The van der Waals surface area contributed by atoms with Crippen molar-refractivity contribution < 1.29 is 4.79 Å². The van der Waals surface area contributed by atoms with E-state index in [1.165, 1.54) is 0 Å². The van der Waals surface area contributed by atoms with Crippen molar-refractivity contribution in [2.45, 2.75) is 13.0 Å². The van der Waals surface area contributed by atoms with E-state index in [9.17, 15) is 4.79 Å². The molecule has 1 unspecified atom stereocenters. The van der Waals surface area contributed by atoms with Crippen molar-refractivity contribution in [3.63, 3.8) is 0 Å². The fraction of sp³-hybridized carbons (Fsp3) is 0.417. The molecular weight excluding hydrogens is 348 g/mol. The third-order valence-electron chi connectivity index (χ3n) is 2.19. The normalized spacial score (nSPS) is 12.6. The van der Waals surface area contributed by atoms with Crippen molar-refractivity contribution in [1.82, 2.24) is 10.2 Å². The van der Waals surface area contributed by atoms with Gasteiger partial charge in [0.15, 0.2) is 0 Å². The van der Waals surface area contributed by atoms with Gasteiger partial charge in [-0.2, -0.15) is 0 Å². The van der Waals surface area contributed by atoms with Gasteiger partial charge in [0.05, 0.1) is 5.56 Å². The molecule has 0 saturated carbocycles. The van der Waals surface area contributed by atoms with Crippen LogP contribution in [0.1, 0.15) is 17.3 Å². The summed E-state index contributed by atoms with van der Waals surface area (Å²) in [5, 5.41) is 2.96. The number of carbonyl (C=O) groups is 1. The Bertz CT molecular complexity index is 407. The molecule has 17 heavy (non-hydrogen) atoms. The molecule has 0 radical (unpaired) electrons. The van der Waals surface area contributed by atoms with Gasteiger partial charge in [0, 0.05) is 21.5 Å². The molecule has 0 aromatic heterocycles. The third kappa shape index (κ3) is 4.77. The highest BCUT2D eigenvalue weighted by Gasteiger charge is 2.13. The van der Waals surface area contributed by atoms with E-state index < -0.39 is 0 Å². The Hall–Kier alpha value is -0.390. The number of nitrogens with one attached hydrogen (secondary N) is 1. The Kier molecular flexibility index (Phi) is 5.62. The molecular formula is C12H16Br2N2O. The number of rotatable bonds is 4. The monoisotopic (exact) mass is 362 g/mol. The van der Waals surface area contributed by atoms with Gasteiger partial charge >= 0.3 is 0 Å². The first-order valence-electron chi connectivity index (χ1n) is 5.31. The standard InChI is InChI=1S/C12H16Br2N2O/c1-8(7-16(2)3)15-12(17)10-5-4-9(13)6-11(10)14/h4-6,8H,7H2,1-3H3,(H,15,17). The first-order chi connectivity index (χ1) is 7.90. The average molecular weight is 364 g/mol. The second kappa shape index (κ2) is 6.52. The second-order valence-corrected chi connectivity index (χ2v) is 6.03. The predicted octanol–water partition coefficient (Wildman–Crippen LogP) is 2.89. The number of halogens is 2. The Labute approximate surface area is 119 Å². The lowest BCUT2D eigenvalue weighted by Gasteiger charge is -2.18. The van der Waals surface area contributed by atoms with E-state index in [2.05, 4.69) is 37.2 Å². The Morgan fingerprint density at radius 3 is 2.59 bits per heavy atom.